The first kappa shape index (κ1) is 7.78. The van der Waals surface area contributed by atoms with Crippen molar-refractivity contribution in [2.24, 2.45) is 0 Å². The predicted octanol–water partition coefficient (Wildman–Crippen LogP) is 1.15. The van der Waals surface area contributed by atoms with Crippen molar-refractivity contribution in [3.8, 4) is 0 Å². The van der Waals surface area contributed by atoms with Crippen molar-refractivity contribution in [3.05, 3.63) is 18.2 Å². The van der Waals surface area contributed by atoms with Gasteiger partial charge in [0.1, 0.15) is 5.76 Å². The quantitative estimate of drug-likeness (QED) is 0.693. The van der Waals surface area contributed by atoms with E-state index in [4.69, 9.17) is 4.52 Å². The van der Waals surface area contributed by atoms with Gasteiger partial charge in [-0.15, -0.1) is 0 Å². The van der Waals surface area contributed by atoms with Crippen molar-refractivity contribution in [1.29, 1.82) is 0 Å². The highest BCUT2D eigenvalue weighted by Gasteiger charge is 2.02. The van der Waals surface area contributed by atoms with E-state index in [2.05, 4.69) is 10.5 Å². The van der Waals surface area contributed by atoms with Gasteiger partial charge in [0, 0.05) is 12.5 Å². The Hall–Kier alpha value is -1.32. The minimum absolute atomic E-state index is 0.182. The average Bonchev–Trinajstić information content (AvgIpc) is 2.35. The van der Waals surface area contributed by atoms with E-state index < -0.39 is 0 Å². The molecule has 1 amide bonds. The Bertz CT molecular complexity index is 255. The van der Waals surface area contributed by atoms with Crippen molar-refractivity contribution >= 4 is 11.7 Å². The molecule has 0 saturated carbocycles. The molecule has 0 spiro atoms. The second kappa shape index (κ2) is 3.18. The third kappa shape index (κ3) is 2.07. The number of carbonyl (C=O) groups excluding carboxylic acids is 1. The SMILES string of the molecule is C[CH]C(=O)Nc1cc(C)on1. The maximum atomic E-state index is 10.7. The number of amides is 1. The van der Waals surface area contributed by atoms with Gasteiger partial charge in [-0.05, 0) is 6.92 Å². The molecule has 11 heavy (non-hydrogen) atoms. The van der Waals surface area contributed by atoms with Crippen LogP contribution in [-0.2, 0) is 4.79 Å². The molecule has 4 nitrogen and oxygen atoms in total. The first-order chi connectivity index (χ1) is 5.22. The summed E-state index contributed by atoms with van der Waals surface area (Å²) in [5.41, 5.74) is 0. The van der Waals surface area contributed by atoms with E-state index >= 15 is 0 Å². The standard InChI is InChI=1S/C7H9N2O2/c1-3-7(10)8-6-4-5(2)11-9-6/h3-4H,1-2H3,(H,8,9,10). The molecule has 1 aromatic heterocycles. The van der Waals surface area contributed by atoms with Gasteiger partial charge in [-0.25, -0.2) is 0 Å². The zero-order valence-corrected chi connectivity index (χ0v) is 6.42. The summed E-state index contributed by atoms with van der Waals surface area (Å²) in [6.07, 6.45) is 1.42. The highest BCUT2D eigenvalue weighted by atomic mass is 16.5. The molecular formula is C7H9N2O2. The van der Waals surface area contributed by atoms with Gasteiger partial charge in [0.05, 0.1) is 0 Å². The van der Waals surface area contributed by atoms with Gasteiger partial charge in [0.2, 0.25) is 5.91 Å². The molecule has 0 aliphatic heterocycles. The van der Waals surface area contributed by atoms with Crippen LogP contribution in [0.1, 0.15) is 12.7 Å². The Labute approximate surface area is 64.6 Å². The molecule has 59 valence electrons. The summed E-state index contributed by atoms with van der Waals surface area (Å²) in [6.45, 7) is 3.42. The first-order valence-corrected chi connectivity index (χ1v) is 3.26. The zero-order valence-electron chi connectivity index (χ0n) is 6.42. The largest absolute Gasteiger partial charge is 0.360 e. The van der Waals surface area contributed by atoms with Gasteiger partial charge < -0.3 is 9.84 Å². The van der Waals surface area contributed by atoms with Crippen LogP contribution < -0.4 is 5.32 Å². The van der Waals surface area contributed by atoms with Gasteiger partial charge in [-0.1, -0.05) is 12.1 Å². The van der Waals surface area contributed by atoms with Gasteiger partial charge in [0.25, 0.3) is 0 Å². The number of nitrogens with one attached hydrogen (secondary N) is 1. The molecular weight excluding hydrogens is 144 g/mol. The lowest BCUT2D eigenvalue weighted by Crippen LogP contribution is -2.09. The molecule has 0 aliphatic rings. The molecule has 1 N–H and O–H groups in total. The van der Waals surface area contributed by atoms with Gasteiger partial charge in [-0.2, -0.15) is 0 Å². The number of rotatable bonds is 2. The first-order valence-electron chi connectivity index (χ1n) is 3.26. The van der Waals surface area contributed by atoms with Crippen LogP contribution in [0.5, 0.6) is 0 Å². The highest BCUT2D eigenvalue weighted by molar-refractivity contribution is 5.95. The second-order valence-electron chi connectivity index (χ2n) is 2.10. The van der Waals surface area contributed by atoms with Crippen LogP contribution in [0.15, 0.2) is 10.6 Å². The maximum Gasteiger partial charge on any atom is 0.229 e. The van der Waals surface area contributed by atoms with Gasteiger partial charge in [0.15, 0.2) is 5.82 Å². The van der Waals surface area contributed by atoms with Crippen molar-refractivity contribution < 1.29 is 9.32 Å². The van der Waals surface area contributed by atoms with Crippen molar-refractivity contribution in [3.63, 3.8) is 0 Å². The van der Waals surface area contributed by atoms with E-state index in [1.54, 1.807) is 19.9 Å². The number of nitrogens with zero attached hydrogens (tertiary/aromatic N) is 1. The van der Waals surface area contributed by atoms with Crippen LogP contribution >= 0.6 is 0 Å². The molecule has 0 aromatic carbocycles. The Balaban J connectivity index is 2.57. The van der Waals surface area contributed by atoms with E-state index in [1.165, 1.54) is 6.42 Å². The topological polar surface area (TPSA) is 55.1 Å². The lowest BCUT2D eigenvalue weighted by Gasteiger charge is -1.93. The molecule has 0 bridgehead atoms. The normalized spacial score (nSPS) is 9.64. The second-order valence-corrected chi connectivity index (χ2v) is 2.10. The molecule has 1 aromatic rings. The Morgan fingerprint density at radius 3 is 3.00 bits per heavy atom. The van der Waals surface area contributed by atoms with Crippen LogP contribution in [0.3, 0.4) is 0 Å². The fraction of sp³-hybridized carbons (Fsp3) is 0.286. The molecule has 0 unspecified atom stereocenters. The van der Waals surface area contributed by atoms with Crippen LogP contribution in [0.2, 0.25) is 0 Å². The van der Waals surface area contributed by atoms with Gasteiger partial charge in [-0.3, -0.25) is 4.79 Å². The van der Waals surface area contributed by atoms with Gasteiger partial charge >= 0.3 is 0 Å². The van der Waals surface area contributed by atoms with Crippen LogP contribution in [0.4, 0.5) is 5.82 Å². The molecule has 1 radical (unpaired) electrons. The summed E-state index contributed by atoms with van der Waals surface area (Å²) >= 11 is 0. The summed E-state index contributed by atoms with van der Waals surface area (Å²) in [5, 5.41) is 6.09. The number of anilines is 1. The molecule has 4 heteroatoms. The number of aromatic nitrogens is 1. The van der Waals surface area contributed by atoms with Crippen LogP contribution in [0, 0.1) is 13.3 Å². The van der Waals surface area contributed by atoms with E-state index in [0.29, 0.717) is 11.6 Å². The number of carbonyl (C=O) groups is 1. The third-order valence-corrected chi connectivity index (χ3v) is 1.14. The van der Waals surface area contributed by atoms with E-state index in [1.807, 2.05) is 0 Å². The summed E-state index contributed by atoms with van der Waals surface area (Å²) in [5.74, 6) is 0.945. The maximum absolute atomic E-state index is 10.7. The minimum Gasteiger partial charge on any atom is -0.360 e. The monoisotopic (exact) mass is 153 g/mol. The Morgan fingerprint density at radius 1 is 1.82 bits per heavy atom. The zero-order chi connectivity index (χ0) is 8.27. The number of aryl methyl sites for hydroxylation is 1. The van der Waals surface area contributed by atoms with E-state index in [0.717, 1.165) is 0 Å². The fourth-order valence-corrected chi connectivity index (χ4v) is 0.624. The number of hydrogen-bond donors (Lipinski definition) is 1. The summed E-state index contributed by atoms with van der Waals surface area (Å²) < 4.78 is 4.73. The van der Waals surface area contributed by atoms with E-state index in [9.17, 15) is 4.79 Å². The number of hydrogen-bond acceptors (Lipinski definition) is 3. The molecule has 0 atom stereocenters. The van der Waals surface area contributed by atoms with Crippen molar-refractivity contribution in [2.45, 2.75) is 13.8 Å². The summed E-state index contributed by atoms with van der Waals surface area (Å²) in [6, 6.07) is 1.65. The molecule has 0 saturated heterocycles. The van der Waals surface area contributed by atoms with Crippen LogP contribution in [-0.4, -0.2) is 11.1 Å². The van der Waals surface area contributed by atoms with Crippen LogP contribution in [0.25, 0.3) is 0 Å². The summed E-state index contributed by atoms with van der Waals surface area (Å²) in [7, 11) is 0. The molecule has 1 heterocycles. The minimum atomic E-state index is -0.182. The van der Waals surface area contributed by atoms with E-state index in [-0.39, 0.29) is 5.91 Å². The smallest absolute Gasteiger partial charge is 0.229 e. The highest BCUT2D eigenvalue weighted by Crippen LogP contribution is 2.06. The Kier molecular flexibility index (Phi) is 2.25. The molecule has 0 fully saturated rings. The third-order valence-electron chi connectivity index (χ3n) is 1.14. The lowest BCUT2D eigenvalue weighted by molar-refractivity contribution is -0.113. The summed E-state index contributed by atoms with van der Waals surface area (Å²) in [4.78, 5) is 10.7. The molecule has 0 aliphatic carbocycles. The molecule has 1 rings (SSSR count). The lowest BCUT2D eigenvalue weighted by atomic mass is 10.4. The Morgan fingerprint density at radius 2 is 2.55 bits per heavy atom. The predicted molar refractivity (Wildman–Crippen MR) is 39.8 cm³/mol. The fourth-order valence-electron chi connectivity index (χ4n) is 0.624. The average molecular weight is 153 g/mol. The van der Waals surface area contributed by atoms with Crippen molar-refractivity contribution in [1.82, 2.24) is 5.16 Å². The van der Waals surface area contributed by atoms with Crippen molar-refractivity contribution in [2.75, 3.05) is 5.32 Å².